The first-order valence-electron chi connectivity index (χ1n) is 8.37. The molecule has 3 rings (SSSR count). The van der Waals surface area contributed by atoms with Gasteiger partial charge in [0.1, 0.15) is 11.4 Å². The molecule has 122 valence electrons. The lowest BCUT2D eigenvalue weighted by atomic mass is 10.00. The van der Waals surface area contributed by atoms with Gasteiger partial charge in [0, 0.05) is 18.0 Å². The maximum Gasteiger partial charge on any atom is 0.236 e. The Balaban J connectivity index is 1.77. The number of carbonyl (C=O) groups excluding carboxylic acids is 1. The number of hydrogen-bond donors (Lipinski definition) is 0. The van der Waals surface area contributed by atoms with Crippen molar-refractivity contribution in [1.82, 2.24) is 14.9 Å². The van der Waals surface area contributed by atoms with Crippen LogP contribution in [0.1, 0.15) is 39.5 Å². The number of fused-ring (bicyclic) bond motifs is 1. The minimum Gasteiger partial charge on any atom is -0.339 e. The predicted octanol–water partition coefficient (Wildman–Crippen LogP) is 3.90. The van der Waals surface area contributed by atoms with Crippen LogP contribution in [0.3, 0.4) is 0 Å². The first-order valence-corrected chi connectivity index (χ1v) is 9.25. The minimum atomic E-state index is -0.125. The summed E-state index contributed by atoms with van der Waals surface area (Å²) in [5, 5.41) is 1.78. The Hall–Kier alpha value is -1.62. The van der Waals surface area contributed by atoms with Crippen molar-refractivity contribution in [3.63, 3.8) is 0 Å². The third-order valence-corrected chi connectivity index (χ3v) is 5.63. The van der Waals surface area contributed by atoms with Crippen molar-refractivity contribution in [2.24, 2.45) is 0 Å². The van der Waals surface area contributed by atoms with E-state index in [1.165, 1.54) is 6.42 Å². The van der Waals surface area contributed by atoms with Crippen LogP contribution in [-0.4, -0.2) is 38.6 Å². The Kier molecular flexibility index (Phi) is 5.16. The van der Waals surface area contributed by atoms with Crippen LogP contribution in [0.5, 0.6) is 0 Å². The van der Waals surface area contributed by atoms with Crippen molar-refractivity contribution < 1.29 is 4.79 Å². The molecular formula is C18H23N3OS. The molecule has 1 aromatic carbocycles. The number of hydrogen-bond acceptors (Lipinski definition) is 4. The third-order valence-electron chi connectivity index (χ3n) is 4.52. The quantitative estimate of drug-likeness (QED) is 0.630. The first kappa shape index (κ1) is 16.2. The molecule has 1 saturated heterocycles. The van der Waals surface area contributed by atoms with E-state index in [1.54, 1.807) is 18.1 Å². The van der Waals surface area contributed by atoms with E-state index < -0.39 is 0 Å². The highest BCUT2D eigenvalue weighted by Gasteiger charge is 2.29. The summed E-state index contributed by atoms with van der Waals surface area (Å²) in [6, 6.07) is 8.36. The highest BCUT2D eigenvalue weighted by molar-refractivity contribution is 8.00. The molecule has 0 N–H and O–H groups in total. The van der Waals surface area contributed by atoms with Crippen LogP contribution >= 0.6 is 11.8 Å². The summed E-state index contributed by atoms with van der Waals surface area (Å²) >= 11 is 1.55. The molecule has 5 heteroatoms. The van der Waals surface area contributed by atoms with Crippen LogP contribution in [0.25, 0.3) is 10.9 Å². The number of piperidine rings is 1. The van der Waals surface area contributed by atoms with E-state index in [0.29, 0.717) is 6.04 Å². The summed E-state index contributed by atoms with van der Waals surface area (Å²) in [6.45, 7) is 5.06. The van der Waals surface area contributed by atoms with Gasteiger partial charge in [-0.25, -0.2) is 9.97 Å². The minimum absolute atomic E-state index is 0.125. The monoisotopic (exact) mass is 329 g/mol. The molecule has 1 aliphatic heterocycles. The van der Waals surface area contributed by atoms with E-state index in [0.717, 1.165) is 41.7 Å². The zero-order chi connectivity index (χ0) is 16.2. The zero-order valence-corrected chi connectivity index (χ0v) is 14.6. The fourth-order valence-electron chi connectivity index (χ4n) is 3.24. The molecule has 0 aliphatic carbocycles. The Labute approximate surface area is 141 Å². The van der Waals surface area contributed by atoms with Crippen LogP contribution < -0.4 is 0 Å². The Morgan fingerprint density at radius 2 is 2.17 bits per heavy atom. The van der Waals surface area contributed by atoms with E-state index in [2.05, 4.69) is 21.8 Å². The molecule has 1 aliphatic rings. The Morgan fingerprint density at radius 1 is 1.35 bits per heavy atom. The smallest absolute Gasteiger partial charge is 0.236 e. The standard InChI is InChI=1S/C18H23N3OS/c1-3-14-8-6-7-11-21(14)18(22)13(2)23-17-15-9-4-5-10-16(15)19-12-20-17/h4-5,9-10,12-14H,3,6-8,11H2,1-2H3. The SMILES string of the molecule is CCC1CCCCN1C(=O)C(C)Sc1ncnc2ccccc12. The van der Waals surface area contributed by atoms with Gasteiger partial charge in [0.25, 0.3) is 0 Å². The van der Waals surface area contributed by atoms with E-state index in [1.807, 2.05) is 31.2 Å². The molecule has 0 radical (unpaired) electrons. The van der Waals surface area contributed by atoms with Gasteiger partial charge in [-0.2, -0.15) is 0 Å². The molecule has 0 saturated carbocycles. The zero-order valence-electron chi connectivity index (χ0n) is 13.7. The predicted molar refractivity (Wildman–Crippen MR) is 94.5 cm³/mol. The molecule has 0 spiro atoms. The molecule has 2 heterocycles. The van der Waals surface area contributed by atoms with Crippen molar-refractivity contribution >= 4 is 28.6 Å². The van der Waals surface area contributed by atoms with E-state index >= 15 is 0 Å². The maximum atomic E-state index is 12.9. The molecule has 2 atom stereocenters. The van der Waals surface area contributed by atoms with Gasteiger partial charge in [0.05, 0.1) is 10.8 Å². The number of amides is 1. The first-order chi connectivity index (χ1) is 11.2. The summed E-state index contributed by atoms with van der Waals surface area (Å²) in [6.07, 6.45) is 6.11. The van der Waals surface area contributed by atoms with Crippen molar-refractivity contribution in [3.05, 3.63) is 30.6 Å². The van der Waals surface area contributed by atoms with Crippen LogP contribution in [0.15, 0.2) is 35.6 Å². The van der Waals surface area contributed by atoms with E-state index in [9.17, 15) is 4.79 Å². The second-order valence-electron chi connectivity index (χ2n) is 6.05. The Morgan fingerprint density at radius 3 is 3.00 bits per heavy atom. The van der Waals surface area contributed by atoms with Gasteiger partial charge in [-0.15, -0.1) is 0 Å². The summed E-state index contributed by atoms with van der Waals surface area (Å²) in [5.41, 5.74) is 0.925. The van der Waals surface area contributed by atoms with Gasteiger partial charge in [-0.05, 0) is 38.7 Å². The molecule has 0 bridgehead atoms. The van der Waals surface area contributed by atoms with E-state index in [-0.39, 0.29) is 11.2 Å². The number of para-hydroxylation sites is 1. The summed E-state index contributed by atoms with van der Waals surface area (Å²) in [5.74, 6) is 0.240. The van der Waals surface area contributed by atoms with Crippen molar-refractivity contribution in [3.8, 4) is 0 Å². The Bertz CT molecular complexity index is 686. The fraction of sp³-hybridized carbons (Fsp3) is 0.500. The summed E-state index contributed by atoms with van der Waals surface area (Å²) < 4.78 is 0. The number of rotatable bonds is 4. The van der Waals surface area contributed by atoms with Gasteiger partial charge in [0.15, 0.2) is 0 Å². The van der Waals surface area contributed by atoms with Gasteiger partial charge in [-0.3, -0.25) is 4.79 Å². The molecule has 2 unspecified atom stereocenters. The summed E-state index contributed by atoms with van der Waals surface area (Å²) in [4.78, 5) is 23.6. The highest BCUT2D eigenvalue weighted by atomic mass is 32.2. The molecule has 1 fully saturated rings. The lowest BCUT2D eigenvalue weighted by Crippen LogP contribution is -2.46. The molecule has 23 heavy (non-hydrogen) atoms. The number of thioether (sulfide) groups is 1. The maximum absolute atomic E-state index is 12.9. The van der Waals surface area contributed by atoms with Crippen molar-refractivity contribution in [1.29, 1.82) is 0 Å². The van der Waals surface area contributed by atoms with Crippen LogP contribution in [0.2, 0.25) is 0 Å². The number of benzene rings is 1. The fourth-order valence-corrected chi connectivity index (χ4v) is 4.22. The van der Waals surface area contributed by atoms with Gasteiger partial charge < -0.3 is 4.90 Å². The second-order valence-corrected chi connectivity index (χ2v) is 7.38. The molecule has 2 aromatic rings. The average Bonchev–Trinajstić information content (AvgIpc) is 2.61. The van der Waals surface area contributed by atoms with Crippen molar-refractivity contribution in [2.45, 2.75) is 55.8 Å². The van der Waals surface area contributed by atoms with Gasteiger partial charge >= 0.3 is 0 Å². The number of nitrogens with zero attached hydrogens (tertiary/aromatic N) is 3. The molecule has 4 nitrogen and oxygen atoms in total. The van der Waals surface area contributed by atoms with Crippen LogP contribution in [0, 0.1) is 0 Å². The van der Waals surface area contributed by atoms with Gasteiger partial charge in [-0.1, -0.05) is 36.9 Å². The number of aromatic nitrogens is 2. The summed E-state index contributed by atoms with van der Waals surface area (Å²) in [7, 11) is 0. The van der Waals surface area contributed by atoms with E-state index in [4.69, 9.17) is 0 Å². The lowest BCUT2D eigenvalue weighted by molar-refractivity contribution is -0.134. The van der Waals surface area contributed by atoms with Gasteiger partial charge in [0.2, 0.25) is 5.91 Å². The second kappa shape index (κ2) is 7.30. The highest BCUT2D eigenvalue weighted by Crippen LogP contribution is 2.30. The number of carbonyl (C=O) groups is 1. The van der Waals surface area contributed by atoms with Crippen LogP contribution in [-0.2, 0) is 4.79 Å². The lowest BCUT2D eigenvalue weighted by Gasteiger charge is -2.36. The topological polar surface area (TPSA) is 46.1 Å². The average molecular weight is 329 g/mol. The van der Waals surface area contributed by atoms with Crippen molar-refractivity contribution in [2.75, 3.05) is 6.54 Å². The molecular weight excluding hydrogens is 306 g/mol. The third kappa shape index (κ3) is 3.50. The molecule has 1 amide bonds. The largest absolute Gasteiger partial charge is 0.339 e. The normalized spacial score (nSPS) is 19.7. The van der Waals surface area contributed by atoms with Crippen LogP contribution in [0.4, 0.5) is 0 Å². The molecule has 1 aromatic heterocycles. The number of likely N-dealkylation sites (tertiary alicyclic amines) is 1.